The lowest BCUT2D eigenvalue weighted by Crippen LogP contribution is -2.49. The number of nitro benzene ring substituents is 1. The minimum atomic E-state index is -1.18. The molecule has 0 aliphatic rings. The average Bonchev–Trinajstić information content (AvgIpc) is 2.66. The first-order valence-corrected chi connectivity index (χ1v) is 8.34. The van der Waals surface area contributed by atoms with Gasteiger partial charge in [0.2, 0.25) is 0 Å². The molecular weight excluding hydrogens is 370 g/mol. The summed E-state index contributed by atoms with van der Waals surface area (Å²) < 4.78 is 0. The van der Waals surface area contributed by atoms with Crippen molar-refractivity contribution < 1.29 is 19.6 Å². The maximum atomic E-state index is 12.3. The third-order valence-corrected chi connectivity index (χ3v) is 4.21. The quantitative estimate of drug-likeness (QED) is 0.445. The topological polar surface area (TPSA) is 113 Å². The zero-order chi connectivity index (χ0) is 20.0. The van der Waals surface area contributed by atoms with Crippen molar-refractivity contribution in [1.29, 1.82) is 0 Å². The number of carbonyl (C=O) groups excluding carboxylic acids is 1. The van der Waals surface area contributed by atoms with Crippen LogP contribution in [0, 0.1) is 10.1 Å². The highest BCUT2D eigenvalue weighted by Gasteiger charge is 2.27. The molecule has 1 atom stereocenters. The van der Waals surface area contributed by atoms with Crippen LogP contribution in [0.5, 0.6) is 0 Å². The maximum Gasteiger partial charge on any atom is 0.326 e. The van der Waals surface area contributed by atoms with Crippen LogP contribution in [0.15, 0.2) is 54.6 Å². The number of para-hydroxylation sites is 1. The van der Waals surface area contributed by atoms with Crippen LogP contribution in [0.1, 0.15) is 22.8 Å². The number of amides is 1. The lowest BCUT2D eigenvalue weighted by Gasteiger charge is -2.29. The molecule has 8 nitrogen and oxygen atoms in total. The van der Waals surface area contributed by atoms with E-state index >= 15 is 0 Å². The Kier molecular flexibility index (Phi) is 6.56. The van der Waals surface area contributed by atoms with Crippen molar-refractivity contribution in [2.75, 3.05) is 0 Å². The highest BCUT2D eigenvalue weighted by molar-refractivity contribution is 7.80. The van der Waals surface area contributed by atoms with Crippen molar-refractivity contribution in [3.8, 4) is 0 Å². The van der Waals surface area contributed by atoms with Gasteiger partial charge in [0.25, 0.3) is 11.6 Å². The van der Waals surface area contributed by atoms with Crippen LogP contribution in [0.2, 0.25) is 0 Å². The fraction of sp³-hybridized carbons (Fsp3) is 0.167. The maximum absolute atomic E-state index is 12.3. The molecule has 9 heteroatoms. The Morgan fingerprint density at radius 3 is 2.37 bits per heavy atom. The monoisotopic (exact) mass is 387 g/mol. The largest absolute Gasteiger partial charge is 0.480 e. The van der Waals surface area contributed by atoms with Crippen molar-refractivity contribution in [2.45, 2.75) is 19.5 Å². The number of carboxylic acid groups (broad SMARTS) is 1. The summed E-state index contributed by atoms with van der Waals surface area (Å²) >= 11 is 5.22. The van der Waals surface area contributed by atoms with Crippen LogP contribution < -0.4 is 5.32 Å². The molecule has 0 fully saturated rings. The number of nitrogens with zero attached hydrogens (tertiary/aromatic N) is 2. The van der Waals surface area contributed by atoms with Gasteiger partial charge in [-0.2, -0.15) is 0 Å². The van der Waals surface area contributed by atoms with E-state index in [0.29, 0.717) is 5.56 Å². The van der Waals surface area contributed by atoms with Crippen molar-refractivity contribution in [1.82, 2.24) is 10.2 Å². The first-order valence-electron chi connectivity index (χ1n) is 7.93. The van der Waals surface area contributed by atoms with Gasteiger partial charge < -0.3 is 10.0 Å². The SMILES string of the molecule is CC(C(=O)O)N(Cc1ccccc1[N+](=O)[O-])C(=S)NC(=O)c1ccccc1. The van der Waals surface area contributed by atoms with Gasteiger partial charge in [0.05, 0.1) is 11.5 Å². The molecule has 2 aromatic rings. The molecule has 0 spiro atoms. The molecule has 0 heterocycles. The molecule has 1 unspecified atom stereocenters. The molecule has 0 aliphatic heterocycles. The van der Waals surface area contributed by atoms with Crippen molar-refractivity contribution in [2.24, 2.45) is 0 Å². The van der Waals surface area contributed by atoms with Crippen molar-refractivity contribution in [3.63, 3.8) is 0 Å². The van der Waals surface area contributed by atoms with Gasteiger partial charge in [-0.05, 0) is 31.3 Å². The Morgan fingerprint density at radius 2 is 1.78 bits per heavy atom. The Morgan fingerprint density at radius 1 is 1.19 bits per heavy atom. The van der Waals surface area contributed by atoms with E-state index in [0.717, 1.165) is 0 Å². The van der Waals surface area contributed by atoms with E-state index in [1.807, 2.05) is 0 Å². The van der Waals surface area contributed by atoms with E-state index in [4.69, 9.17) is 12.2 Å². The van der Waals surface area contributed by atoms with E-state index in [1.165, 1.54) is 30.0 Å². The zero-order valence-electron chi connectivity index (χ0n) is 14.4. The molecule has 0 bridgehead atoms. The summed E-state index contributed by atoms with van der Waals surface area (Å²) in [6.45, 7) is 1.25. The summed E-state index contributed by atoms with van der Waals surface area (Å²) in [6.07, 6.45) is 0. The van der Waals surface area contributed by atoms with Gasteiger partial charge in [-0.3, -0.25) is 20.2 Å². The highest BCUT2D eigenvalue weighted by Crippen LogP contribution is 2.21. The van der Waals surface area contributed by atoms with Gasteiger partial charge in [-0.1, -0.05) is 36.4 Å². The van der Waals surface area contributed by atoms with Crippen LogP contribution in [0.25, 0.3) is 0 Å². The lowest BCUT2D eigenvalue weighted by atomic mass is 10.1. The second kappa shape index (κ2) is 8.86. The van der Waals surface area contributed by atoms with Crippen molar-refractivity contribution in [3.05, 3.63) is 75.8 Å². The first kappa shape index (κ1) is 20.0. The van der Waals surface area contributed by atoms with E-state index in [2.05, 4.69) is 5.32 Å². The van der Waals surface area contributed by atoms with Crippen LogP contribution in [-0.2, 0) is 11.3 Å². The van der Waals surface area contributed by atoms with Gasteiger partial charge in [0.1, 0.15) is 6.04 Å². The predicted molar refractivity (Wildman–Crippen MR) is 102 cm³/mol. The Labute approximate surface area is 160 Å². The van der Waals surface area contributed by atoms with Gasteiger partial charge in [-0.15, -0.1) is 0 Å². The Balaban J connectivity index is 2.27. The zero-order valence-corrected chi connectivity index (χ0v) is 15.2. The second-order valence-corrected chi connectivity index (χ2v) is 6.04. The average molecular weight is 387 g/mol. The van der Waals surface area contributed by atoms with Gasteiger partial charge in [-0.25, -0.2) is 4.79 Å². The number of thiocarbonyl (C=S) groups is 1. The van der Waals surface area contributed by atoms with Crippen molar-refractivity contribution >= 4 is 34.9 Å². The number of nitrogens with one attached hydrogen (secondary N) is 1. The molecule has 0 aliphatic carbocycles. The number of hydrogen-bond donors (Lipinski definition) is 2. The number of hydrogen-bond acceptors (Lipinski definition) is 5. The number of aliphatic carboxylic acids is 1. The number of benzene rings is 2. The van der Waals surface area contributed by atoms with Crippen LogP contribution >= 0.6 is 12.2 Å². The summed E-state index contributed by atoms with van der Waals surface area (Å²) in [7, 11) is 0. The predicted octanol–water partition coefficient (Wildman–Crippen LogP) is 2.58. The molecule has 0 radical (unpaired) electrons. The summed E-state index contributed by atoms with van der Waals surface area (Å²) in [5, 5.41) is 22.9. The standard InChI is InChI=1S/C18H17N3O5S/c1-12(17(23)24)20(11-14-9-5-6-10-15(14)21(25)26)18(27)19-16(22)13-7-3-2-4-8-13/h2-10,12H,11H2,1H3,(H,23,24)(H,19,22,27). The van der Waals surface area contributed by atoms with E-state index in [9.17, 15) is 24.8 Å². The van der Waals surface area contributed by atoms with E-state index < -0.39 is 22.8 Å². The molecule has 2 aromatic carbocycles. The highest BCUT2D eigenvalue weighted by atomic mass is 32.1. The summed E-state index contributed by atoms with van der Waals surface area (Å²) in [5.74, 6) is -1.67. The van der Waals surface area contributed by atoms with E-state index in [1.54, 1.807) is 36.4 Å². The summed E-state index contributed by atoms with van der Waals surface area (Å²) in [6, 6.07) is 13.2. The Hall–Kier alpha value is -3.33. The minimum absolute atomic E-state index is 0.128. The smallest absolute Gasteiger partial charge is 0.326 e. The second-order valence-electron chi connectivity index (χ2n) is 5.65. The van der Waals surface area contributed by atoms with Gasteiger partial charge in [0.15, 0.2) is 5.11 Å². The van der Waals surface area contributed by atoms with Crippen LogP contribution in [0.3, 0.4) is 0 Å². The summed E-state index contributed by atoms with van der Waals surface area (Å²) in [4.78, 5) is 35.6. The van der Waals surface area contributed by atoms with Gasteiger partial charge >= 0.3 is 5.97 Å². The van der Waals surface area contributed by atoms with E-state index in [-0.39, 0.29) is 22.9 Å². The molecule has 0 saturated carbocycles. The Bertz CT molecular complexity index is 872. The number of rotatable bonds is 6. The molecule has 0 aromatic heterocycles. The third kappa shape index (κ3) is 5.08. The number of nitro groups is 1. The normalized spacial score (nSPS) is 11.3. The molecule has 2 N–H and O–H groups in total. The van der Waals surface area contributed by atoms with Gasteiger partial charge in [0, 0.05) is 17.2 Å². The third-order valence-electron chi connectivity index (χ3n) is 3.87. The molecule has 0 saturated heterocycles. The molecule has 2 rings (SSSR count). The first-order chi connectivity index (χ1) is 12.8. The fourth-order valence-electron chi connectivity index (χ4n) is 2.35. The minimum Gasteiger partial charge on any atom is -0.480 e. The molecular formula is C18H17N3O5S. The fourth-order valence-corrected chi connectivity index (χ4v) is 2.67. The van der Waals surface area contributed by atoms with Crippen LogP contribution in [0.4, 0.5) is 5.69 Å². The molecule has 1 amide bonds. The summed E-state index contributed by atoms with van der Waals surface area (Å²) in [5.41, 5.74) is 0.484. The van der Waals surface area contributed by atoms with Crippen LogP contribution in [-0.4, -0.2) is 38.0 Å². The lowest BCUT2D eigenvalue weighted by molar-refractivity contribution is -0.385. The number of carboxylic acids is 1. The molecule has 27 heavy (non-hydrogen) atoms. The number of carbonyl (C=O) groups is 2. The molecule has 140 valence electrons.